The van der Waals surface area contributed by atoms with E-state index >= 15 is 0 Å². The second-order valence-corrected chi connectivity index (χ2v) is 5.50. The zero-order chi connectivity index (χ0) is 11.8. The summed E-state index contributed by atoms with van der Waals surface area (Å²) in [6, 6.07) is 0. The third-order valence-corrected chi connectivity index (χ3v) is 4.07. The minimum Gasteiger partial charge on any atom is -0.356 e. The minimum absolute atomic E-state index is 0.0242. The lowest BCUT2D eigenvalue weighted by atomic mass is 10.2. The van der Waals surface area contributed by atoms with Gasteiger partial charge in [-0.15, -0.1) is 0 Å². The first-order valence-electron chi connectivity index (χ1n) is 5.61. The lowest BCUT2D eigenvalue weighted by Crippen LogP contribution is -2.23. The predicted octanol–water partition coefficient (Wildman–Crippen LogP) is 2.71. The van der Waals surface area contributed by atoms with E-state index in [0.29, 0.717) is 11.8 Å². The Kier molecular flexibility index (Phi) is 3.27. The molecule has 2 aliphatic heterocycles. The van der Waals surface area contributed by atoms with E-state index in [9.17, 15) is 0 Å². The number of ether oxygens (including phenoxy) is 1. The third-order valence-electron chi connectivity index (χ3n) is 2.99. The van der Waals surface area contributed by atoms with Gasteiger partial charge in [0.2, 0.25) is 0 Å². The van der Waals surface area contributed by atoms with E-state index in [4.69, 9.17) is 16.3 Å². The molecule has 17 heavy (non-hydrogen) atoms. The van der Waals surface area contributed by atoms with Crippen LogP contribution in [0.15, 0.2) is 4.99 Å². The maximum absolute atomic E-state index is 5.92. The van der Waals surface area contributed by atoms with Crippen LogP contribution in [0.2, 0.25) is 0 Å². The molecule has 0 radical (unpaired) electrons. The molecule has 92 valence electrons. The third kappa shape index (κ3) is 2.17. The van der Waals surface area contributed by atoms with Crippen molar-refractivity contribution in [3.63, 3.8) is 0 Å². The fraction of sp³-hybridized carbons (Fsp3) is 0.600. The Morgan fingerprint density at radius 3 is 3.12 bits per heavy atom. The topological polar surface area (TPSA) is 51.4 Å². The Hall–Kier alpha value is -0.340. The number of aliphatic imine (C=N–C) groups is 1. The molecule has 1 N–H and O–H groups in total. The van der Waals surface area contributed by atoms with Crippen molar-refractivity contribution in [1.82, 2.24) is 9.78 Å². The summed E-state index contributed by atoms with van der Waals surface area (Å²) in [7, 11) is 0. The summed E-state index contributed by atoms with van der Waals surface area (Å²) < 4.78 is 8.63. The molecular formula is C10H12ClIN4O. The summed E-state index contributed by atoms with van der Waals surface area (Å²) in [6.07, 6.45) is 3.33. The smallest absolute Gasteiger partial charge is 0.197 e. The molecule has 1 fully saturated rings. The van der Waals surface area contributed by atoms with Crippen molar-refractivity contribution in [2.24, 2.45) is 4.99 Å². The zero-order valence-corrected chi connectivity index (χ0v) is 12.0. The first kappa shape index (κ1) is 11.7. The molecule has 0 aliphatic carbocycles. The monoisotopic (exact) mass is 366 g/mol. The van der Waals surface area contributed by atoms with Gasteiger partial charge in [0.15, 0.2) is 11.5 Å². The molecule has 0 saturated carbocycles. The zero-order valence-electron chi connectivity index (χ0n) is 9.12. The minimum atomic E-state index is 0.0242. The van der Waals surface area contributed by atoms with Crippen molar-refractivity contribution >= 4 is 45.3 Å². The maximum atomic E-state index is 5.92. The predicted molar refractivity (Wildman–Crippen MR) is 74.4 cm³/mol. The van der Waals surface area contributed by atoms with Crippen molar-refractivity contribution in [3.05, 3.63) is 9.26 Å². The number of amidine groups is 1. The lowest BCUT2D eigenvalue weighted by molar-refractivity contribution is -0.0382. The van der Waals surface area contributed by atoms with Gasteiger partial charge < -0.3 is 10.1 Å². The molecule has 2 aliphatic rings. The molecule has 0 spiro atoms. The highest BCUT2D eigenvalue weighted by atomic mass is 127. The van der Waals surface area contributed by atoms with Gasteiger partial charge in [-0.25, -0.2) is 4.68 Å². The second kappa shape index (κ2) is 4.74. The Morgan fingerprint density at radius 1 is 1.47 bits per heavy atom. The van der Waals surface area contributed by atoms with Crippen LogP contribution in [-0.2, 0) is 11.3 Å². The highest BCUT2D eigenvalue weighted by Crippen LogP contribution is 2.32. The number of hydrogen-bond acceptors (Lipinski definition) is 4. The molecule has 0 aromatic carbocycles. The van der Waals surface area contributed by atoms with Gasteiger partial charge in [0.05, 0.1) is 6.54 Å². The summed E-state index contributed by atoms with van der Waals surface area (Å²) in [5, 5.41) is 8.03. The number of rotatable bonds is 1. The maximum Gasteiger partial charge on any atom is 0.197 e. The van der Waals surface area contributed by atoms with Gasteiger partial charge in [-0.3, -0.25) is 4.99 Å². The fourth-order valence-electron chi connectivity index (χ4n) is 2.12. The number of anilines is 1. The molecule has 1 aromatic heterocycles. The van der Waals surface area contributed by atoms with Gasteiger partial charge in [0.25, 0.3) is 0 Å². The number of nitrogens with zero attached hydrogens (tertiary/aromatic N) is 3. The van der Waals surface area contributed by atoms with Crippen LogP contribution in [0.4, 0.5) is 5.82 Å². The lowest BCUT2D eigenvalue weighted by Gasteiger charge is -2.25. The van der Waals surface area contributed by atoms with Crippen LogP contribution < -0.4 is 5.32 Å². The van der Waals surface area contributed by atoms with Gasteiger partial charge in [0.1, 0.15) is 9.52 Å². The Bertz CT molecular complexity index is 467. The molecule has 1 atom stereocenters. The summed E-state index contributed by atoms with van der Waals surface area (Å²) in [4.78, 5) is 4.16. The molecule has 1 unspecified atom stereocenters. The van der Waals surface area contributed by atoms with E-state index in [0.717, 1.165) is 34.5 Å². The van der Waals surface area contributed by atoms with Gasteiger partial charge in [-0.05, 0) is 53.5 Å². The number of hydrogen-bond donors (Lipinski definition) is 1. The van der Waals surface area contributed by atoms with Gasteiger partial charge in [0, 0.05) is 12.2 Å². The van der Waals surface area contributed by atoms with E-state index in [2.05, 4.69) is 38.0 Å². The van der Waals surface area contributed by atoms with Crippen molar-refractivity contribution in [1.29, 1.82) is 0 Å². The normalized spacial score (nSPS) is 23.9. The van der Waals surface area contributed by atoms with Crippen LogP contribution in [0, 0.1) is 3.70 Å². The average Bonchev–Trinajstić information content (AvgIpc) is 2.67. The quantitative estimate of drug-likeness (QED) is 0.614. The molecule has 0 bridgehead atoms. The second-order valence-electron chi connectivity index (χ2n) is 4.12. The molecular weight excluding hydrogens is 354 g/mol. The fourth-order valence-corrected chi connectivity index (χ4v) is 2.93. The highest BCUT2D eigenvalue weighted by molar-refractivity contribution is 14.1. The number of aromatic nitrogens is 2. The molecule has 3 rings (SSSR count). The number of halogens is 2. The molecule has 1 aromatic rings. The Morgan fingerprint density at radius 2 is 2.35 bits per heavy atom. The van der Waals surface area contributed by atoms with Crippen LogP contribution in [-0.4, -0.2) is 21.7 Å². The van der Waals surface area contributed by atoms with Gasteiger partial charge in [-0.2, -0.15) is 5.10 Å². The van der Waals surface area contributed by atoms with Crippen molar-refractivity contribution in [2.75, 3.05) is 11.9 Å². The van der Waals surface area contributed by atoms with E-state index in [1.165, 1.54) is 6.42 Å². The average molecular weight is 367 g/mol. The summed E-state index contributed by atoms with van der Waals surface area (Å²) >= 11 is 8.15. The molecule has 1 saturated heterocycles. The highest BCUT2D eigenvalue weighted by Gasteiger charge is 2.26. The van der Waals surface area contributed by atoms with Crippen LogP contribution in [0.1, 0.15) is 31.1 Å². The van der Waals surface area contributed by atoms with Crippen LogP contribution in [0.5, 0.6) is 0 Å². The van der Waals surface area contributed by atoms with Crippen molar-refractivity contribution < 1.29 is 4.74 Å². The van der Waals surface area contributed by atoms with Gasteiger partial charge >= 0.3 is 0 Å². The van der Waals surface area contributed by atoms with Crippen LogP contribution in [0.25, 0.3) is 0 Å². The molecule has 5 nitrogen and oxygen atoms in total. The van der Waals surface area contributed by atoms with Crippen molar-refractivity contribution in [3.8, 4) is 0 Å². The van der Waals surface area contributed by atoms with Gasteiger partial charge in [-0.1, -0.05) is 0 Å². The summed E-state index contributed by atoms with van der Waals surface area (Å²) in [6.45, 7) is 1.39. The van der Waals surface area contributed by atoms with E-state index < -0.39 is 0 Å². The summed E-state index contributed by atoms with van der Waals surface area (Å²) in [5.41, 5.74) is 1.10. The molecule has 7 heteroatoms. The SMILES string of the molecule is ClC1=NCc2c(I)nn(C3CCCCO3)c2N1. The standard InChI is InChI=1S/C10H12ClIN4O/c11-10-13-5-6-8(12)15-16(9(6)14-10)7-3-1-2-4-17-7/h7H,1-5H2,(H,13,14). The Balaban J connectivity index is 1.95. The van der Waals surface area contributed by atoms with Crippen LogP contribution >= 0.6 is 34.2 Å². The first-order valence-corrected chi connectivity index (χ1v) is 7.07. The summed E-state index contributed by atoms with van der Waals surface area (Å²) in [5.74, 6) is 0.932. The van der Waals surface area contributed by atoms with E-state index in [1.54, 1.807) is 0 Å². The van der Waals surface area contributed by atoms with Crippen molar-refractivity contribution in [2.45, 2.75) is 32.0 Å². The van der Waals surface area contributed by atoms with E-state index in [1.807, 2.05) is 4.68 Å². The van der Waals surface area contributed by atoms with E-state index in [-0.39, 0.29) is 6.23 Å². The molecule has 3 heterocycles. The number of nitrogens with one attached hydrogen (secondary N) is 1. The largest absolute Gasteiger partial charge is 0.356 e. The Labute approximate surface area is 118 Å². The first-order chi connectivity index (χ1) is 8.25. The number of fused-ring (bicyclic) bond motifs is 1. The molecule has 0 amide bonds. The van der Waals surface area contributed by atoms with Crippen LogP contribution in [0.3, 0.4) is 0 Å².